The van der Waals surface area contributed by atoms with Crippen LogP contribution in [0.2, 0.25) is 0 Å². The summed E-state index contributed by atoms with van der Waals surface area (Å²) in [5.41, 5.74) is 3.92. The third kappa shape index (κ3) is 5.03. The summed E-state index contributed by atoms with van der Waals surface area (Å²) in [7, 11) is 0. The van der Waals surface area contributed by atoms with E-state index in [-0.39, 0.29) is 0 Å². The van der Waals surface area contributed by atoms with Gasteiger partial charge in [0.25, 0.3) is 0 Å². The van der Waals surface area contributed by atoms with Crippen molar-refractivity contribution in [3.8, 4) is 0 Å². The second-order valence-corrected chi connectivity index (χ2v) is 7.83. The molecule has 144 valence electrons. The van der Waals surface area contributed by atoms with Gasteiger partial charge in [-0.25, -0.2) is 0 Å². The van der Waals surface area contributed by atoms with Gasteiger partial charge in [-0.1, -0.05) is 102 Å². The van der Waals surface area contributed by atoms with Crippen LogP contribution in [-0.2, 0) is 6.54 Å². The Hall–Kier alpha value is -2.02. The van der Waals surface area contributed by atoms with Crippen LogP contribution in [0.25, 0.3) is 27.9 Å². The van der Waals surface area contributed by atoms with Gasteiger partial charge in [0.2, 0.25) is 0 Å². The number of hydrogen-bond donors (Lipinski definition) is 0. The number of nitrogens with zero attached hydrogens (tertiary/aromatic N) is 1. The van der Waals surface area contributed by atoms with E-state index in [4.69, 9.17) is 0 Å². The molecule has 0 radical (unpaired) electrons. The first-order valence-corrected chi connectivity index (χ1v) is 11.0. The van der Waals surface area contributed by atoms with Crippen LogP contribution in [0.5, 0.6) is 0 Å². The van der Waals surface area contributed by atoms with Crippen LogP contribution in [0, 0.1) is 0 Å². The highest BCUT2D eigenvalue weighted by molar-refractivity contribution is 6.08. The molecule has 0 aliphatic heterocycles. The van der Waals surface area contributed by atoms with Crippen molar-refractivity contribution in [3.05, 3.63) is 54.6 Å². The van der Waals surface area contributed by atoms with Gasteiger partial charge in [-0.15, -0.1) is 0 Å². The van der Waals surface area contributed by atoms with Gasteiger partial charge in [-0.2, -0.15) is 0 Å². The quantitative estimate of drug-likeness (QED) is 0.286. The van der Waals surface area contributed by atoms with Crippen LogP contribution in [0.4, 0.5) is 0 Å². The van der Waals surface area contributed by atoms with Crippen LogP contribution >= 0.6 is 0 Å². The first-order valence-electron chi connectivity index (χ1n) is 11.0. The topological polar surface area (TPSA) is 4.93 Å². The molecule has 0 fully saturated rings. The molecule has 3 rings (SSSR count). The van der Waals surface area contributed by atoms with Gasteiger partial charge >= 0.3 is 0 Å². The minimum atomic E-state index is 1.12. The Balaban J connectivity index is 1.55. The number of fused-ring (bicyclic) bond motifs is 3. The fraction of sp³-hybridized carbons (Fsp3) is 0.462. The summed E-state index contributed by atoms with van der Waals surface area (Å²) in [6, 6.07) is 15.5. The van der Waals surface area contributed by atoms with Gasteiger partial charge in [0.1, 0.15) is 0 Å². The summed E-state index contributed by atoms with van der Waals surface area (Å²) in [5.74, 6) is 0. The highest BCUT2D eigenvalue weighted by Crippen LogP contribution is 2.30. The van der Waals surface area contributed by atoms with Crippen molar-refractivity contribution < 1.29 is 0 Å². The summed E-state index contributed by atoms with van der Waals surface area (Å²) in [5, 5.41) is 2.72. The lowest BCUT2D eigenvalue weighted by Crippen LogP contribution is -1.97. The summed E-state index contributed by atoms with van der Waals surface area (Å²) in [4.78, 5) is 0. The average Bonchev–Trinajstić information content (AvgIpc) is 3.02. The van der Waals surface area contributed by atoms with Crippen LogP contribution < -0.4 is 0 Å². The predicted molar refractivity (Wildman–Crippen MR) is 121 cm³/mol. The summed E-state index contributed by atoms with van der Waals surface area (Å²) in [6.45, 7) is 7.33. The van der Waals surface area contributed by atoms with Crippen LogP contribution in [0.3, 0.4) is 0 Å². The van der Waals surface area contributed by atoms with Crippen molar-refractivity contribution in [2.24, 2.45) is 0 Å². The van der Waals surface area contributed by atoms with Crippen LogP contribution in [0.1, 0.15) is 76.7 Å². The first-order chi connectivity index (χ1) is 13.3. The monoisotopic (exact) mass is 361 g/mol. The molecule has 27 heavy (non-hydrogen) atoms. The Morgan fingerprint density at radius 3 is 2.07 bits per heavy atom. The van der Waals surface area contributed by atoms with E-state index in [0.29, 0.717) is 0 Å². The van der Waals surface area contributed by atoms with E-state index in [1.165, 1.54) is 91.6 Å². The number of aryl methyl sites for hydroxylation is 1. The Labute approximate surface area is 165 Å². The summed E-state index contributed by atoms with van der Waals surface area (Å²) >= 11 is 0. The molecule has 0 bridgehead atoms. The number of unbranched alkanes of at least 4 members (excludes halogenated alkanes) is 9. The second-order valence-electron chi connectivity index (χ2n) is 7.83. The van der Waals surface area contributed by atoms with E-state index in [1.807, 2.05) is 6.08 Å². The van der Waals surface area contributed by atoms with Gasteiger partial charge in [0.15, 0.2) is 0 Å². The van der Waals surface area contributed by atoms with E-state index in [9.17, 15) is 0 Å². The Morgan fingerprint density at radius 2 is 1.37 bits per heavy atom. The maximum absolute atomic E-state index is 3.92. The van der Waals surface area contributed by atoms with Crippen molar-refractivity contribution in [2.75, 3.05) is 0 Å². The molecule has 0 saturated heterocycles. The molecular weight excluding hydrogens is 326 g/mol. The zero-order chi connectivity index (χ0) is 18.9. The van der Waals surface area contributed by atoms with Crippen molar-refractivity contribution in [3.63, 3.8) is 0 Å². The Kier molecular flexibility index (Phi) is 7.56. The van der Waals surface area contributed by atoms with Gasteiger partial charge in [-0.3, -0.25) is 0 Å². The van der Waals surface area contributed by atoms with E-state index in [1.54, 1.807) is 0 Å². The summed E-state index contributed by atoms with van der Waals surface area (Å²) < 4.78 is 2.52. The molecule has 0 saturated carbocycles. The van der Waals surface area contributed by atoms with Crippen molar-refractivity contribution in [1.29, 1.82) is 0 Å². The first kappa shape index (κ1) is 19.7. The third-order valence-corrected chi connectivity index (χ3v) is 5.77. The molecule has 0 amide bonds. The predicted octanol–water partition coefficient (Wildman–Crippen LogP) is 8.36. The molecule has 0 N–H and O–H groups in total. The standard InChI is InChI=1S/C26H35N/c1-3-5-6-7-8-9-10-11-12-15-20-27-25-17-14-13-16-23(25)24-21-22(4-2)18-19-26(24)27/h4,13-14,16-19,21H,2-3,5-12,15,20H2,1H3. The normalized spacial score (nSPS) is 11.4. The molecule has 0 aliphatic carbocycles. The van der Waals surface area contributed by atoms with E-state index >= 15 is 0 Å². The molecule has 1 aromatic heterocycles. The van der Waals surface area contributed by atoms with E-state index in [0.717, 1.165) is 6.54 Å². The molecule has 3 aromatic rings. The number of aromatic nitrogens is 1. The molecular formula is C26H35N. The fourth-order valence-corrected chi connectivity index (χ4v) is 4.20. The smallest absolute Gasteiger partial charge is 0.0491 e. The molecule has 1 nitrogen and oxygen atoms in total. The second kappa shape index (κ2) is 10.3. The lowest BCUT2D eigenvalue weighted by Gasteiger charge is -2.08. The largest absolute Gasteiger partial charge is 0.340 e. The number of hydrogen-bond acceptors (Lipinski definition) is 0. The molecule has 1 heterocycles. The highest BCUT2D eigenvalue weighted by atomic mass is 15.0. The molecule has 1 heteroatoms. The van der Waals surface area contributed by atoms with Crippen LogP contribution in [0.15, 0.2) is 49.0 Å². The van der Waals surface area contributed by atoms with Crippen molar-refractivity contribution in [1.82, 2.24) is 4.57 Å². The molecule has 0 aliphatic rings. The van der Waals surface area contributed by atoms with E-state index in [2.05, 4.69) is 60.5 Å². The van der Waals surface area contributed by atoms with Gasteiger partial charge in [0, 0.05) is 28.4 Å². The van der Waals surface area contributed by atoms with Gasteiger partial charge < -0.3 is 4.57 Å². The summed E-state index contributed by atoms with van der Waals surface area (Å²) in [6.07, 6.45) is 15.8. The maximum Gasteiger partial charge on any atom is 0.0491 e. The number of para-hydroxylation sites is 1. The average molecular weight is 362 g/mol. The number of rotatable bonds is 12. The van der Waals surface area contributed by atoms with Crippen molar-refractivity contribution >= 4 is 27.9 Å². The lowest BCUT2D eigenvalue weighted by molar-refractivity contribution is 0.541. The fourth-order valence-electron chi connectivity index (χ4n) is 4.20. The Bertz CT molecular complexity index is 855. The van der Waals surface area contributed by atoms with E-state index < -0.39 is 0 Å². The third-order valence-electron chi connectivity index (χ3n) is 5.77. The SMILES string of the molecule is C=Cc1ccc2c(c1)c1ccccc1n2CCCCCCCCCCCC. The number of benzene rings is 2. The zero-order valence-corrected chi connectivity index (χ0v) is 17.1. The minimum Gasteiger partial charge on any atom is -0.340 e. The van der Waals surface area contributed by atoms with Gasteiger partial charge in [0.05, 0.1) is 0 Å². The minimum absolute atomic E-state index is 1.12. The van der Waals surface area contributed by atoms with Gasteiger partial charge in [-0.05, 0) is 30.2 Å². The van der Waals surface area contributed by atoms with Crippen LogP contribution in [-0.4, -0.2) is 4.57 Å². The maximum atomic E-state index is 3.92. The lowest BCUT2D eigenvalue weighted by atomic mass is 10.1. The van der Waals surface area contributed by atoms with Crippen molar-refractivity contribution in [2.45, 2.75) is 77.7 Å². The highest BCUT2D eigenvalue weighted by Gasteiger charge is 2.10. The Morgan fingerprint density at radius 1 is 0.741 bits per heavy atom. The molecule has 0 atom stereocenters. The zero-order valence-electron chi connectivity index (χ0n) is 17.1. The molecule has 0 unspecified atom stereocenters. The molecule has 0 spiro atoms. The molecule has 2 aromatic carbocycles.